The van der Waals surface area contributed by atoms with Crippen LogP contribution in [0.1, 0.15) is 33.2 Å². The van der Waals surface area contributed by atoms with Crippen LogP contribution in [-0.2, 0) is 0 Å². The average molecular weight is 513 g/mol. The van der Waals surface area contributed by atoms with Gasteiger partial charge in [-0.25, -0.2) is 4.79 Å². The lowest BCUT2D eigenvalue weighted by Gasteiger charge is -2.27. The van der Waals surface area contributed by atoms with E-state index in [2.05, 4.69) is 6.07 Å². The number of esters is 1. The van der Waals surface area contributed by atoms with Gasteiger partial charge in [0.05, 0.1) is 27.2 Å². The number of nitrogens with zero attached hydrogens (tertiary/aromatic N) is 1. The predicted molar refractivity (Wildman–Crippen MR) is 138 cm³/mol. The summed E-state index contributed by atoms with van der Waals surface area (Å²) >= 11 is 0. The van der Waals surface area contributed by atoms with Gasteiger partial charge in [0.2, 0.25) is 17.4 Å². The van der Waals surface area contributed by atoms with E-state index in [1.54, 1.807) is 43.3 Å². The number of fused-ring (bicyclic) bond motifs is 2. The van der Waals surface area contributed by atoms with E-state index in [1.165, 1.54) is 21.3 Å². The van der Waals surface area contributed by atoms with Crippen LogP contribution in [0.25, 0.3) is 11.0 Å². The van der Waals surface area contributed by atoms with Crippen LogP contribution in [0.4, 0.5) is 0 Å². The van der Waals surface area contributed by atoms with Gasteiger partial charge in [-0.2, -0.15) is 5.26 Å². The fourth-order valence-electron chi connectivity index (χ4n) is 4.63. The molecule has 5 rings (SSSR count). The summed E-state index contributed by atoms with van der Waals surface area (Å²) in [5.41, 5.74) is 8.98. The molecule has 0 amide bonds. The van der Waals surface area contributed by atoms with Gasteiger partial charge in [0, 0.05) is 22.6 Å². The fourth-order valence-corrected chi connectivity index (χ4v) is 4.63. The predicted octanol–water partition coefficient (Wildman–Crippen LogP) is 5.20. The number of allylic oxidation sites excluding steroid dienone is 1. The van der Waals surface area contributed by atoms with Crippen molar-refractivity contribution in [1.29, 1.82) is 5.26 Å². The van der Waals surface area contributed by atoms with Crippen molar-refractivity contribution in [3.8, 4) is 34.8 Å². The molecule has 1 aromatic heterocycles. The molecule has 0 fully saturated rings. The van der Waals surface area contributed by atoms with E-state index in [-0.39, 0.29) is 23.0 Å². The molecular formula is C29H24N2O7. The third-order valence-electron chi connectivity index (χ3n) is 6.45. The lowest BCUT2D eigenvalue weighted by molar-refractivity contribution is 0.0702. The smallest absolute Gasteiger partial charge is 0.379 e. The van der Waals surface area contributed by atoms with Gasteiger partial charge in [-0.05, 0) is 36.8 Å². The lowest BCUT2D eigenvalue weighted by atomic mass is 9.83. The summed E-state index contributed by atoms with van der Waals surface area (Å²) in [6.07, 6.45) is 0. The normalized spacial score (nSPS) is 14.3. The zero-order valence-corrected chi connectivity index (χ0v) is 21.2. The Bertz CT molecular complexity index is 1620. The second-order valence-electron chi connectivity index (χ2n) is 8.52. The topological polar surface area (TPSA) is 126 Å². The first kappa shape index (κ1) is 24.6. The molecule has 0 radical (unpaired) electrons. The van der Waals surface area contributed by atoms with E-state index in [9.17, 15) is 10.1 Å². The molecule has 1 unspecified atom stereocenters. The van der Waals surface area contributed by atoms with Gasteiger partial charge in [-0.3, -0.25) is 0 Å². The van der Waals surface area contributed by atoms with Crippen LogP contribution in [0.15, 0.2) is 70.5 Å². The van der Waals surface area contributed by atoms with Gasteiger partial charge in [0.25, 0.3) is 0 Å². The van der Waals surface area contributed by atoms with Gasteiger partial charge in [-0.1, -0.05) is 24.3 Å². The molecule has 9 nitrogen and oxygen atoms in total. The number of para-hydroxylation sites is 1. The number of carbonyl (C=O) groups excluding carboxylic acids is 1. The average Bonchev–Trinajstić information content (AvgIpc) is 3.27. The number of nitrogens with two attached hydrogens (primary N) is 1. The molecule has 38 heavy (non-hydrogen) atoms. The highest BCUT2D eigenvalue weighted by Crippen LogP contribution is 2.47. The summed E-state index contributed by atoms with van der Waals surface area (Å²) in [6.45, 7) is 1.80. The van der Waals surface area contributed by atoms with Crippen molar-refractivity contribution in [3.05, 3.63) is 88.5 Å². The number of benzene rings is 3. The number of aryl methyl sites for hydroxylation is 1. The van der Waals surface area contributed by atoms with Crippen LogP contribution in [0.2, 0.25) is 0 Å². The molecule has 2 heterocycles. The van der Waals surface area contributed by atoms with Crippen molar-refractivity contribution in [3.63, 3.8) is 0 Å². The number of hydrogen-bond donors (Lipinski definition) is 1. The molecule has 4 aromatic rings. The summed E-state index contributed by atoms with van der Waals surface area (Å²) in [4.78, 5) is 12.9. The van der Waals surface area contributed by atoms with Crippen molar-refractivity contribution < 1.29 is 32.9 Å². The molecule has 0 aliphatic carbocycles. The van der Waals surface area contributed by atoms with E-state index in [0.717, 1.165) is 5.39 Å². The quantitative estimate of drug-likeness (QED) is 0.274. The summed E-state index contributed by atoms with van der Waals surface area (Å²) in [7, 11) is 4.54. The van der Waals surface area contributed by atoms with Crippen molar-refractivity contribution in [2.45, 2.75) is 12.8 Å². The number of furan rings is 1. The number of rotatable bonds is 6. The van der Waals surface area contributed by atoms with Crippen LogP contribution < -0.4 is 29.4 Å². The van der Waals surface area contributed by atoms with Gasteiger partial charge in [0.15, 0.2) is 11.5 Å². The lowest BCUT2D eigenvalue weighted by Crippen LogP contribution is -2.21. The fraction of sp³-hybridized carbons (Fsp3) is 0.172. The molecule has 0 saturated heterocycles. The highest BCUT2D eigenvalue weighted by molar-refractivity contribution is 5.96. The molecule has 1 atom stereocenters. The second-order valence-corrected chi connectivity index (χ2v) is 8.52. The molecule has 9 heteroatoms. The Kier molecular flexibility index (Phi) is 6.31. The van der Waals surface area contributed by atoms with E-state index in [1.807, 2.05) is 18.2 Å². The van der Waals surface area contributed by atoms with Crippen LogP contribution in [-0.4, -0.2) is 27.3 Å². The number of carbonyl (C=O) groups is 1. The van der Waals surface area contributed by atoms with E-state index in [0.29, 0.717) is 45.3 Å². The molecule has 0 saturated carbocycles. The number of nitriles is 1. The summed E-state index contributed by atoms with van der Waals surface area (Å²) in [6, 6.07) is 17.9. The minimum absolute atomic E-state index is 0.0599. The Morgan fingerprint density at radius 2 is 1.71 bits per heavy atom. The molecule has 0 spiro atoms. The Morgan fingerprint density at radius 3 is 2.34 bits per heavy atom. The van der Waals surface area contributed by atoms with E-state index >= 15 is 0 Å². The minimum Gasteiger partial charge on any atom is -0.493 e. The second kappa shape index (κ2) is 9.75. The Morgan fingerprint density at radius 1 is 1.00 bits per heavy atom. The molecule has 192 valence electrons. The Balaban J connectivity index is 1.53. The van der Waals surface area contributed by atoms with Gasteiger partial charge in [-0.15, -0.1) is 0 Å². The van der Waals surface area contributed by atoms with E-state index < -0.39 is 11.9 Å². The monoisotopic (exact) mass is 512 g/mol. The van der Waals surface area contributed by atoms with Gasteiger partial charge < -0.3 is 33.8 Å². The maximum atomic E-state index is 12.9. The van der Waals surface area contributed by atoms with Crippen LogP contribution >= 0.6 is 0 Å². The largest absolute Gasteiger partial charge is 0.493 e. The van der Waals surface area contributed by atoms with Gasteiger partial charge in [0.1, 0.15) is 28.7 Å². The highest BCUT2D eigenvalue weighted by Gasteiger charge is 2.33. The molecular weight excluding hydrogens is 488 g/mol. The number of ether oxygens (including phenoxy) is 5. The molecule has 1 aliphatic rings. The SMILES string of the molecule is COc1cc(C2C(C#N)=C(N)Oc3cc(OC(=O)c4oc5ccccc5c4C)ccc32)cc(OC)c1OC. The van der Waals surface area contributed by atoms with Crippen LogP contribution in [0.5, 0.6) is 28.7 Å². The third kappa shape index (κ3) is 4.02. The highest BCUT2D eigenvalue weighted by atomic mass is 16.6. The molecule has 2 N–H and O–H groups in total. The van der Waals surface area contributed by atoms with Crippen LogP contribution in [0, 0.1) is 18.3 Å². The van der Waals surface area contributed by atoms with Crippen molar-refractivity contribution in [2.75, 3.05) is 21.3 Å². The van der Waals surface area contributed by atoms with E-state index in [4.69, 9.17) is 33.8 Å². The summed E-state index contributed by atoms with van der Waals surface area (Å²) < 4.78 is 33.5. The first-order valence-corrected chi connectivity index (χ1v) is 11.6. The zero-order chi connectivity index (χ0) is 27.0. The molecule has 3 aromatic carbocycles. The Labute approximate surface area is 218 Å². The first-order chi connectivity index (χ1) is 18.4. The third-order valence-corrected chi connectivity index (χ3v) is 6.45. The number of methoxy groups -OCH3 is 3. The van der Waals surface area contributed by atoms with Crippen molar-refractivity contribution in [1.82, 2.24) is 0 Å². The minimum atomic E-state index is -0.642. The molecule has 0 bridgehead atoms. The Hall–Kier alpha value is -5.10. The maximum Gasteiger partial charge on any atom is 0.379 e. The molecule has 1 aliphatic heterocycles. The summed E-state index contributed by atoms with van der Waals surface area (Å²) in [5.74, 6) is 0.662. The van der Waals surface area contributed by atoms with Crippen LogP contribution in [0.3, 0.4) is 0 Å². The van der Waals surface area contributed by atoms with Gasteiger partial charge >= 0.3 is 5.97 Å². The first-order valence-electron chi connectivity index (χ1n) is 11.6. The maximum absolute atomic E-state index is 12.9. The van der Waals surface area contributed by atoms with Crippen molar-refractivity contribution >= 4 is 16.9 Å². The zero-order valence-electron chi connectivity index (χ0n) is 21.2. The standard InChI is InChI=1S/C29H24N2O7/c1-15-18-7-5-6-8-21(18)37-26(15)29(32)36-17-9-10-19-22(13-17)38-28(31)20(14-30)25(19)16-11-23(33-2)27(35-4)24(12-16)34-3/h5-13,25H,31H2,1-4H3. The number of hydrogen-bond acceptors (Lipinski definition) is 9. The summed E-state index contributed by atoms with van der Waals surface area (Å²) in [5, 5.41) is 10.8. The van der Waals surface area contributed by atoms with Crippen molar-refractivity contribution in [2.24, 2.45) is 5.73 Å².